The summed E-state index contributed by atoms with van der Waals surface area (Å²) in [6.07, 6.45) is 5.21. The summed E-state index contributed by atoms with van der Waals surface area (Å²) >= 11 is 5.91. The molecule has 4 rings (SSSR count). The molecule has 3 heterocycles. The SMILES string of the molecule is CCN(CC)CCCNc1nc(/C=C/c2ccc(-c3cccs3)s2)nc2ccc(I)cc12. The Morgan fingerprint density at radius 1 is 1.03 bits per heavy atom. The third kappa shape index (κ3) is 5.95. The number of nitrogens with one attached hydrogen (secondary N) is 1. The Morgan fingerprint density at radius 3 is 2.69 bits per heavy atom. The molecule has 0 saturated carbocycles. The quantitative estimate of drug-likeness (QED) is 0.159. The van der Waals surface area contributed by atoms with E-state index >= 15 is 0 Å². The van der Waals surface area contributed by atoms with E-state index in [4.69, 9.17) is 9.97 Å². The molecule has 166 valence electrons. The fourth-order valence-electron chi connectivity index (χ4n) is 3.53. The van der Waals surface area contributed by atoms with Crippen LogP contribution in [-0.4, -0.2) is 41.0 Å². The lowest BCUT2D eigenvalue weighted by Gasteiger charge is -2.18. The van der Waals surface area contributed by atoms with Gasteiger partial charge >= 0.3 is 0 Å². The van der Waals surface area contributed by atoms with Crippen molar-refractivity contribution in [3.8, 4) is 9.75 Å². The molecule has 7 heteroatoms. The van der Waals surface area contributed by atoms with Gasteiger partial charge in [-0.25, -0.2) is 9.97 Å². The molecule has 0 amide bonds. The van der Waals surface area contributed by atoms with Crippen molar-refractivity contribution in [2.45, 2.75) is 20.3 Å². The molecule has 32 heavy (non-hydrogen) atoms. The number of thiophene rings is 2. The molecule has 0 fully saturated rings. The van der Waals surface area contributed by atoms with Crippen molar-refractivity contribution >= 4 is 74.1 Å². The maximum Gasteiger partial charge on any atom is 0.155 e. The van der Waals surface area contributed by atoms with Gasteiger partial charge in [-0.3, -0.25) is 0 Å². The average Bonchev–Trinajstić information content (AvgIpc) is 3.50. The highest BCUT2D eigenvalue weighted by Crippen LogP contribution is 2.32. The molecule has 0 spiro atoms. The molecular weight excluding hydrogens is 547 g/mol. The van der Waals surface area contributed by atoms with Crippen LogP contribution in [0.3, 0.4) is 0 Å². The average molecular weight is 575 g/mol. The van der Waals surface area contributed by atoms with Gasteiger partial charge in [-0.15, -0.1) is 22.7 Å². The molecule has 0 unspecified atom stereocenters. The Morgan fingerprint density at radius 2 is 1.91 bits per heavy atom. The summed E-state index contributed by atoms with van der Waals surface area (Å²) in [5.41, 5.74) is 0.969. The molecule has 1 aromatic carbocycles. The zero-order chi connectivity index (χ0) is 22.3. The number of anilines is 1. The van der Waals surface area contributed by atoms with E-state index in [2.05, 4.69) is 101 Å². The fourth-order valence-corrected chi connectivity index (χ4v) is 5.76. The van der Waals surface area contributed by atoms with E-state index in [1.165, 1.54) is 18.2 Å². The zero-order valence-electron chi connectivity index (χ0n) is 18.3. The van der Waals surface area contributed by atoms with E-state index in [-0.39, 0.29) is 0 Å². The summed E-state index contributed by atoms with van der Waals surface area (Å²) < 4.78 is 1.19. The van der Waals surface area contributed by atoms with Crippen LogP contribution in [0.5, 0.6) is 0 Å². The van der Waals surface area contributed by atoms with E-state index in [0.29, 0.717) is 0 Å². The molecule has 4 nitrogen and oxygen atoms in total. The van der Waals surface area contributed by atoms with E-state index in [0.717, 1.165) is 55.1 Å². The third-order valence-corrected chi connectivity index (χ3v) is 8.09. The van der Waals surface area contributed by atoms with Gasteiger partial charge < -0.3 is 10.2 Å². The highest BCUT2D eigenvalue weighted by atomic mass is 127. The lowest BCUT2D eigenvalue weighted by Crippen LogP contribution is -2.25. The summed E-state index contributed by atoms with van der Waals surface area (Å²) in [5, 5.41) is 6.76. The predicted octanol–water partition coefficient (Wildman–Crippen LogP) is 7.34. The minimum Gasteiger partial charge on any atom is -0.369 e. The van der Waals surface area contributed by atoms with Crippen molar-refractivity contribution in [3.63, 3.8) is 0 Å². The Bertz CT molecular complexity index is 1180. The second-order valence-electron chi connectivity index (χ2n) is 7.41. The molecule has 0 bridgehead atoms. The predicted molar refractivity (Wildman–Crippen MR) is 150 cm³/mol. The van der Waals surface area contributed by atoms with Gasteiger partial charge in [0.2, 0.25) is 0 Å². The van der Waals surface area contributed by atoms with Gasteiger partial charge in [-0.1, -0.05) is 19.9 Å². The van der Waals surface area contributed by atoms with E-state index in [1.54, 1.807) is 22.7 Å². The minimum absolute atomic E-state index is 0.732. The summed E-state index contributed by atoms with van der Waals surface area (Å²) in [7, 11) is 0. The van der Waals surface area contributed by atoms with Crippen LogP contribution in [-0.2, 0) is 0 Å². The summed E-state index contributed by atoms with van der Waals surface area (Å²) in [6.45, 7) is 8.61. The summed E-state index contributed by atoms with van der Waals surface area (Å²) in [6, 6.07) is 14.9. The van der Waals surface area contributed by atoms with Crippen LogP contribution in [0.4, 0.5) is 5.82 Å². The van der Waals surface area contributed by atoms with Crippen LogP contribution in [0.15, 0.2) is 47.8 Å². The van der Waals surface area contributed by atoms with Crippen LogP contribution < -0.4 is 5.32 Å². The molecule has 0 saturated heterocycles. The molecular formula is C25H27IN4S2. The lowest BCUT2D eigenvalue weighted by molar-refractivity contribution is 0.303. The Labute approximate surface area is 211 Å². The normalized spacial score (nSPS) is 11.8. The topological polar surface area (TPSA) is 41.0 Å². The van der Waals surface area contributed by atoms with Gasteiger partial charge in [0.05, 0.1) is 5.52 Å². The number of hydrogen-bond donors (Lipinski definition) is 1. The van der Waals surface area contributed by atoms with Crippen molar-refractivity contribution in [2.75, 3.05) is 31.5 Å². The standard InChI is InChI=1S/C25H27IN4S2/c1-3-30(4-2)15-6-14-27-25-20-17-18(26)8-11-21(20)28-24(29-25)13-10-19-9-12-23(32-19)22-7-5-16-31-22/h5,7-13,16-17H,3-4,6,14-15H2,1-2H3,(H,27,28,29)/b13-10+. The van der Waals surface area contributed by atoms with Crippen LogP contribution in [0.2, 0.25) is 0 Å². The van der Waals surface area contributed by atoms with Crippen LogP contribution in [0.25, 0.3) is 32.8 Å². The Kier molecular flexibility index (Phi) is 8.29. The second-order valence-corrected chi connectivity index (χ2v) is 10.7. The van der Waals surface area contributed by atoms with Gasteiger partial charge in [0, 0.05) is 30.1 Å². The highest BCUT2D eigenvalue weighted by molar-refractivity contribution is 14.1. The number of fused-ring (bicyclic) bond motifs is 1. The molecule has 4 aromatic rings. The number of hydrogen-bond acceptors (Lipinski definition) is 6. The van der Waals surface area contributed by atoms with Crippen molar-refractivity contribution < 1.29 is 0 Å². The number of aromatic nitrogens is 2. The molecule has 0 aliphatic carbocycles. The van der Waals surface area contributed by atoms with Crippen molar-refractivity contribution in [3.05, 3.63) is 62.1 Å². The number of nitrogens with zero attached hydrogens (tertiary/aromatic N) is 3. The second kappa shape index (κ2) is 11.4. The van der Waals surface area contributed by atoms with Crippen molar-refractivity contribution in [1.29, 1.82) is 0 Å². The largest absolute Gasteiger partial charge is 0.369 e. The summed E-state index contributed by atoms with van der Waals surface area (Å²) in [5.74, 6) is 1.65. The molecule has 0 radical (unpaired) electrons. The smallest absolute Gasteiger partial charge is 0.155 e. The lowest BCUT2D eigenvalue weighted by atomic mass is 10.2. The van der Waals surface area contributed by atoms with E-state index in [9.17, 15) is 0 Å². The fraction of sp³-hybridized carbons (Fsp3) is 0.280. The minimum atomic E-state index is 0.732. The number of benzene rings is 1. The van der Waals surface area contributed by atoms with E-state index < -0.39 is 0 Å². The summed E-state index contributed by atoms with van der Waals surface area (Å²) in [4.78, 5) is 15.9. The number of rotatable bonds is 10. The van der Waals surface area contributed by atoms with Gasteiger partial charge in [0.1, 0.15) is 5.82 Å². The van der Waals surface area contributed by atoms with Gasteiger partial charge in [-0.2, -0.15) is 0 Å². The van der Waals surface area contributed by atoms with Crippen LogP contribution >= 0.6 is 45.3 Å². The molecule has 0 aliphatic rings. The maximum absolute atomic E-state index is 4.85. The first-order valence-corrected chi connectivity index (χ1v) is 13.7. The monoisotopic (exact) mass is 574 g/mol. The van der Waals surface area contributed by atoms with Gasteiger partial charge in [-0.05, 0) is 103 Å². The molecule has 1 N–H and O–H groups in total. The molecule has 0 aliphatic heterocycles. The number of halogens is 1. The van der Waals surface area contributed by atoms with Crippen LogP contribution in [0.1, 0.15) is 31.0 Å². The van der Waals surface area contributed by atoms with Gasteiger partial charge in [0.25, 0.3) is 0 Å². The Balaban J connectivity index is 1.53. The molecule has 3 aromatic heterocycles. The first-order valence-electron chi connectivity index (χ1n) is 10.9. The highest BCUT2D eigenvalue weighted by Gasteiger charge is 2.08. The van der Waals surface area contributed by atoms with Gasteiger partial charge in [0.15, 0.2) is 5.82 Å². The Hall–Kier alpha value is -1.81. The first-order chi connectivity index (χ1) is 15.7. The molecule has 0 atom stereocenters. The third-order valence-electron chi connectivity index (χ3n) is 5.30. The zero-order valence-corrected chi connectivity index (χ0v) is 22.1. The van der Waals surface area contributed by atoms with Crippen molar-refractivity contribution in [1.82, 2.24) is 14.9 Å². The van der Waals surface area contributed by atoms with E-state index in [1.807, 2.05) is 6.08 Å². The van der Waals surface area contributed by atoms with Crippen LogP contribution in [0, 0.1) is 3.57 Å². The van der Waals surface area contributed by atoms with Crippen molar-refractivity contribution in [2.24, 2.45) is 0 Å². The first kappa shape index (κ1) is 23.4. The maximum atomic E-state index is 4.85.